The lowest BCUT2D eigenvalue weighted by Crippen LogP contribution is -2.44. The fourth-order valence-corrected chi connectivity index (χ4v) is 6.04. The van der Waals surface area contributed by atoms with Crippen LogP contribution in [-0.4, -0.2) is 78.5 Å². The van der Waals surface area contributed by atoms with Gasteiger partial charge >= 0.3 is 0 Å². The Hall–Kier alpha value is -2.80. The second-order valence-corrected chi connectivity index (χ2v) is 10.3. The zero-order valence-electron chi connectivity index (χ0n) is 19.9. The van der Waals surface area contributed by atoms with Crippen LogP contribution >= 0.6 is 23.5 Å². The lowest BCUT2D eigenvalue weighted by atomic mass is 10.2. The first-order valence-corrected chi connectivity index (χ1v) is 13.4. The van der Waals surface area contributed by atoms with Gasteiger partial charge in [0.05, 0.1) is 44.3 Å². The zero-order chi connectivity index (χ0) is 25.5. The molecule has 0 spiro atoms. The number of rotatable bonds is 11. The number of aliphatic hydroxyl groups is 2. The number of amides is 1. The monoisotopic (exact) mass is 531 g/mol. The average molecular weight is 532 g/mol. The van der Waals surface area contributed by atoms with Gasteiger partial charge in [0.1, 0.15) is 5.75 Å². The number of fused-ring (bicyclic) bond motifs is 1. The van der Waals surface area contributed by atoms with Gasteiger partial charge in [0.25, 0.3) is 0 Å². The van der Waals surface area contributed by atoms with E-state index in [0.717, 1.165) is 22.0 Å². The van der Waals surface area contributed by atoms with Gasteiger partial charge in [-0.05, 0) is 48.9 Å². The smallest absolute Gasteiger partial charge is 0.240 e. The molecule has 1 fully saturated rings. The van der Waals surface area contributed by atoms with Crippen molar-refractivity contribution in [3.8, 4) is 5.75 Å². The second-order valence-electron chi connectivity index (χ2n) is 8.15. The fourth-order valence-electron chi connectivity index (χ4n) is 3.98. The van der Waals surface area contributed by atoms with Gasteiger partial charge in [-0.3, -0.25) is 9.59 Å². The van der Waals surface area contributed by atoms with Crippen molar-refractivity contribution >= 4 is 51.6 Å². The van der Waals surface area contributed by atoms with Crippen LogP contribution in [0.1, 0.15) is 6.42 Å². The molecular formula is C24H29N5O5S2. The summed E-state index contributed by atoms with van der Waals surface area (Å²) < 4.78 is 5.35. The van der Waals surface area contributed by atoms with Crippen LogP contribution in [0, 0.1) is 0 Å². The summed E-state index contributed by atoms with van der Waals surface area (Å²) in [6.45, 7) is 0.862. The number of hydrogen-bond donors (Lipinski definition) is 3. The number of carbonyl (C=O) groups excluding carboxylic acids is 2. The largest absolute Gasteiger partial charge is 0.497 e. The topological polar surface area (TPSA) is 127 Å². The summed E-state index contributed by atoms with van der Waals surface area (Å²) in [5.74, 6) is 1.19. The Kier molecular flexibility index (Phi) is 9.08. The van der Waals surface area contributed by atoms with E-state index in [9.17, 15) is 19.8 Å². The molecule has 10 nitrogen and oxygen atoms in total. The first-order valence-electron chi connectivity index (χ1n) is 11.6. The molecule has 2 atom stereocenters. The second kappa shape index (κ2) is 12.4. The Morgan fingerprint density at radius 3 is 2.58 bits per heavy atom. The molecule has 0 aromatic heterocycles. The molecule has 4 rings (SSSR count). The van der Waals surface area contributed by atoms with Gasteiger partial charge in [0.15, 0.2) is 5.50 Å². The standard InChI is InChI=1S/C24H29N5O5S2/c1-34-18-6-7-20-21(14-18)36-24(29(20)15-22(32)25-19-8-13-35-23(19)33)27-26-16-2-4-17(5-3-16)28(9-11-30)10-12-31/h2-7,14,19,24,30-31H,8-13,15H2,1H3,(H,25,32)/b27-26+. The Morgan fingerprint density at radius 2 is 1.94 bits per heavy atom. The van der Waals surface area contributed by atoms with Crippen LogP contribution in [0.5, 0.6) is 5.75 Å². The number of methoxy groups -OCH3 is 1. The van der Waals surface area contributed by atoms with Crippen molar-refractivity contribution in [3.63, 3.8) is 0 Å². The third kappa shape index (κ3) is 6.30. The van der Waals surface area contributed by atoms with Crippen molar-refractivity contribution in [1.82, 2.24) is 5.32 Å². The first-order chi connectivity index (χ1) is 17.5. The number of nitrogens with one attached hydrogen (secondary N) is 1. The molecule has 192 valence electrons. The number of anilines is 2. The number of benzene rings is 2. The fraction of sp³-hybridized carbons (Fsp3) is 0.417. The van der Waals surface area contributed by atoms with E-state index in [1.54, 1.807) is 7.11 Å². The minimum atomic E-state index is -0.466. The molecule has 3 N–H and O–H groups in total. The molecule has 2 aliphatic rings. The Labute approximate surface area is 218 Å². The van der Waals surface area contributed by atoms with Crippen molar-refractivity contribution < 1.29 is 24.5 Å². The van der Waals surface area contributed by atoms with Crippen LogP contribution in [-0.2, 0) is 9.59 Å². The van der Waals surface area contributed by atoms with E-state index in [-0.39, 0.29) is 30.8 Å². The van der Waals surface area contributed by atoms with Gasteiger partial charge in [-0.15, -0.1) is 0 Å². The molecular weight excluding hydrogens is 502 g/mol. The summed E-state index contributed by atoms with van der Waals surface area (Å²) in [6, 6.07) is 12.6. The molecule has 2 unspecified atom stereocenters. The normalized spacial score (nSPS) is 19.1. The summed E-state index contributed by atoms with van der Waals surface area (Å²) in [4.78, 5) is 29.4. The zero-order valence-corrected chi connectivity index (χ0v) is 21.5. The maximum atomic E-state index is 12.8. The molecule has 2 heterocycles. The Balaban J connectivity index is 1.49. The third-order valence-corrected chi connectivity index (χ3v) is 7.94. The summed E-state index contributed by atoms with van der Waals surface area (Å²) in [5, 5.41) is 30.3. The minimum absolute atomic E-state index is 0.000473. The number of thioether (sulfide) groups is 2. The van der Waals surface area contributed by atoms with Crippen LogP contribution < -0.4 is 19.9 Å². The van der Waals surface area contributed by atoms with Gasteiger partial charge in [0, 0.05) is 29.4 Å². The molecule has 12 heteroatoms. The quantitative estimate of drug-likeness (QED) is 0.375. The molecule has 36 heavy (non-hydrogen) atoms. The van der Waals surface area contributed by atoms with E-state index in [1.165, 1.54) is 23.5 Å². The van der Waals surface area contributed by atoms with Crippen molar-refractivity contribution in [2.24, 2.45) is 10.2 Å². The lowest BCUT2D eigenvalue weighted by molar-refractivity contribution is -0.123. The van der Waals surface area contributed by atoms with Gasteiger partial charge in [-0.1, -0.05) is 23.5 Å². The molecule has 1 amide bonds. The molecule has 0 aliphatic carbocycles. The molecule has 0 saturated carbocycles. The summed E-state index contributed by atoms with van der Waals surface area (Å²) >= 11 is 2.72. The maximum absolute atomic E-state index is 12.8. The molecule has 2 aromatic rings. The van der Waals surface area contributed by atoms with Crippen molar-refractivity contribution in [2.45, 2.75) is 22.9 Å². The highest BCUT2D eigenvalue weighted by atomic mass is 32.2. The van der Waals surface area contributed by atoms with E-state index in [1.807, 2.05) is 52.3 Å². The highest BCUT2D eigenvalue weighted by Crippen LogP contribution is 2.45. The predicted octanol–water partition coefficient (Wildman–Crippen LogP) is 2.61. The summed E-state index contributed by atoms with van der Waals surface area (Å²) in [5.41, 5.74) is 1.89. The number of hydrogen-bond acceptors (Lipinski definition) is 11. The van der Waals surface area contributed by atoms with E-state index in [4.69, 9.17) is 4.74 Å². The van der Waals surface area contributed by atoms with Crippen LogP contribution in [0.15, 0.2) is 57.6 Å². The summed E-state index contributed by atoms with van der Waals surface area (Å²) in [6.07, 6.45) is 0.644. The van der Waals surface area contributed by atoms with E-state index >= 15 is 0 Å². The number of ether oxygens (including phenoxy) is 1. The van der Waals surface area contributed by atoms with E-state index in [2.05, 4.69) is 15.5 Å². The van der Waals surface area contributed by atoms with Gasteiger partial charge in [-0.25, -0.2) is 0 Å². The average Bonchev–Trinajstić information content (AvgIpc) is 3.44. The van der Waals surface area contributed by atoms with Crippen LogP contribution in [0.4, 0.5) is 17.1 Å². The Bertz CT molecular complexity index is 1090. The first kappa shape index (κ1) is 26.3. The maximum Gasteiger partial charge on any atom is 0.240 e. The van der Waals surface area contributed by atoms with Crippen molar-refractivity contribution in [2.75, 3.05) is 55.5 Å². The van der Waals surface area contributed by atoms with Gasteiger partial charge < -0.3 is 30.1 Å². The highest BCUT2D eigenvalue weighted by Gasteiger charge is 2.34. The van der Waals surface area contributed by atoms with Crippen molar-refractivity contribution in [3.05, 3.63) is 42.5 Å². The predicted molar refractivity (Wildman–Crippen MR) is 141 cm³/mol. The molecule has 1 saturated heterocycles. The number of aliphatic hydroxyl groups excluding tert-OH is 2. The molecule has 2 aromatic carbocycles. The lowest BCUT2D eigenvalue weighted by Gasteiger charge is -2.23. The van der Waals surface area contributed by atoms with Gasteiger partial charge in [-0.2, -0.15) is 10.2 Å². The number of azo groups is 1. The SMILES string of the molecule is COc1ccc2c(c1)SC(/N=N/c1ccc(N(CCO)CCO)cc1)N2CC(=O)NC1CCSC1=O. The van der Waals surface area contributed by atoms with Crippen molar-refractivity contribution in [1.29, 1.82) is 0 Å². The third-order valence-electron chi connectivity index (χ3n) is 5.79. The highest BCUT2D eigenvalue weighted by molar-refractivity contribution is 8.14. The number of carbonyl (C=O) groups is 2. The van der Waals surface area contributed by atoms with Crippen LogP contribution in [0.2, 0.25) is 0 Å². The Morgan fingerprint density at radius 1 is 1.19 bits per heavy atom. The van der Waals surface area contributed by atoms with Crippen LogP contribution in [0.25, 0.3) is 0 Å². The van der Waals surface area contributed by atoms with Crippen LogP contribution in [0.3, 0.4) is 0 Å². The molecule has 0 radical (unpaired) electrons. The van der Waals surface area contributed by atoms with E-state index in [0.29, 0.717) is 30.9 Å². The summed E-state index contributed by atoms with van der Waals surface area (Å²) in [7, 11) is 1.60. The molecule has 0 bridgehead atoms. The van der Waals surface area contributed by atoms with Gasteiger partial charge in [0.2, 0.25) is 11.0 Å². The van der Waals surface area contributed by atoms with E-state index < -0.39 is 11.5 Å². The molecule has 2 aliphatic heterocycles. The minimum Gasteiger partial charge on any atom is -0.497 e. The number of nitrogens with zero attached hydrogens (tertiary/aromatic N) is 4.